The second-order valence-corrected chi connectivity index (χ2v) is 7.50. The van der Waals surface area contributed by atoms with Crippen molar-refractivity contribution in [1.29, 1.82) is 5.26 Å². The molecule has 29 heavy (non-hydrogen) atoms. The van der Waals surface area contributed by atoms with Crippen LogP contribution in [0.1, 0.15) is 39.1 Å². The number of amides is 2. The van der Waals surface area contributed by atoms with Gasteiger partial charge in [0.25, 0.3) is 11.8 Å². The summed E-state index contributed by atoms with van der Waals surface area (Å²) in [5, 5.41) is 8.91. The van der Waals surface area contributed by atoms with Gasteiger partial charge in [-0.1, -0.05) is 12.1 Å². The molecule has 148 valence electrons. The molecule has 6 heteroatoms. The van der Waals surface area contributed by atoms with Crippen molar-refractivity contribution < 1.29 is 9.59 Å². The Hall–Kier alpha value is -3.17. The molecule has 2 aliphatic rings. The Balaban J connectivity index is 1.19. The number of carbonyl (C=O) groups is 2. The third kappa shape index (κ3) is 4.01. The van der Waals surface area contributed by atoms with Crippen LogP contribution in [0.2, 0.25) is 0 Å². The summed E-state index contributed by atoms with van der Waals surface area (Å²) in [5.74, 6) is -0.330. The number of imide groups is 1. The molecule has 2 heterocycles. The minimum absolute atomic E-state index is 0.165. The largest absolute Gasteiger partial charge is 0.369 e. The number of anilines is 1. The number of rotatable bonds is 6. The van der Waals surface area contributed by atoms with E-state index in [2.05, 4.69) is 15.9 Å². The van der Waals surface area contributed by atoms with Crippen LogP contribution in [0.4, 0.5) is 5.69 Å². The van der Waals surface area contributed by atoms with Crippen molar-refractivity contribution in [3.63, 3.8) is 0 Å². The monoisotopic (exact) mass is 388 g/mol. The molecule has 1 saturated heterocycles. The maximum atomic E-state index is 12.4. The summed E-state index contributed by atoms with van der Waals surface area (Å²) >= 11 is 0. The maximum Gasteiger partial charge on any atom is 0.261 e. The van der Waals surface area contributed by atoms with Gasteiger partial charge in [0.1, 0.15) is 0 Å². The average Bonchev–Trinajstić information content (AvgIpc) is 3.02. The minimum Gasteiger partial charge on any atom is -0.369 e. The van der Waals surface area contributed by atoms with E-state index >= 15 is 0 Å². The first-order valence-electron chi connectivity index (χ1n) is 10.1. The molecule has 2 amide bonds. The lowest BCUT2D eigenvalue weighted by Crippen LogP contribution is -2.46. The van der Waals surface area contributed by atoms with Crippen molar-refractivity contribution in [3.8, 4) is 6.07 Å². The van der Waals surface area contributed by atoms with Gasteiger partial charge in [-0.05, 0) is 55.8 Å². The number of hydrogen-bond donors (Lipinski definition) is 0. The van der Waals surface area contributed by atoms with E-state index in [1.54, 1.807) is 24.3 Å². The van der Waals surface area contributed by atoms with Gasteiger partial charge in [-0.25, -0.2) is 0 Å². The maximum absolute atomic E-state index is 12.4. The molecular formula is C23H24N4O2. The van der Waals surface area contributed by atoms with Crippen LogP contribution in [-0.2, 0) is 0 Å². The van der Waals surface area contributed by atoms with Gasteiger partial charge in [0, 0.05) is 38.4 Å². The number of nitrogens with zero attached hydrogens (tertiary/aromatic N) is 4. The van der Waals surface area contributed by atoms with Crippen molar-refractivity contribution in [2.75, 3.05) is 44.2 Å². The van der Waals surface area contributed by atoms with Crippen LogP contribution in [0.3, 0.4) is 0 Å². The molecule has 2 aromatic rings. The molecule has 0 spiro atoms. The predicted octanol–water partition coefficient (Wildman–Crippen LogP) is 2.76. The Bertz CT molecular complexity index is 905. The van der Waals surface area contributed by atoms with Crippen LogP contribution in [0.25, 0.3) is 0 Å². The zero-order valence-electron chi connectivity index (χ0n) is 16.4. The van der Waals surface area contributed by atoms with Crippen LogP contribution in [-0.4, -0.2) is 60.9 Å². The Morgan fingerprint density at radius 1 is 0.793 bits per heavy atom. The molecule has 2 aliphatic heterocycles. The Morgan fingerprint density at radius 2 is 1.38 bits per heavy atom. The molecule has 0 aromatic heterocycles. The molecule has 0 unspecified atom stereocenters. The lowest BCUT2D eigenvalue weighted by atomic mass is 10.1. The fourth-order valence-electron chi connectivity index (χ4n) is 4.02. The molecule has 1 fully saturated rings. The summed E-state index contributed by atoms with van der Waals surface area (Å²) in [6.07, 6.45) is 1.78. The summed E-state index contributed by atoms with van der Waals surface area (Å²) in [6.45, 7) is 5.37. The highest BCUT2D eigenvalue weighted by atomic mass is 16.2. The molecule has 0 aliphatic carbocycles. The predicted molar refractivity (Wildman–Crippen MR) is 111 cm³/mol. The molecule has 0 radical (unpaired) electrons. The fraction of sp³-hybridized carbons (Fsp3) is 0.348. The number of hydrogen-bond acceptors (Lipinski definition) is 5. The SMILES string of the molecule is N#Cc1ccc(N2CCN(CCCCN3C(=O)c4ccccc4C3=O)CC2)cc1. The van der Waals surface area contributed by atoms with Gasteiger partial charge in [0.05, 0.1) is 22.8 Å². The van der Waals surface area contributed by atoms with Crippen LogP contribution < -0.4 is 4.90 Å². The third-order valence-corrected chi connectivity index (χ3v) is 5.72. The summed E-state index contributed by atoms with van der Waals surface area (Å²) in [5.41, 5.74) is 2.90. The molecule has 4 rings (SSSR count). The second-order valence-electron chi connectivity index (χ2n) is 7.50. The van der Waals surface area contributed by atoms with Gasteiger partial charge < -0.3 is 4.90 Å². The van der Waals surface area contributed by atoms with Crippen molar-refractivity contribution in [3.05, 3.63) is 65.2 Å². The molecular weight excluding hydrogens is 364 g/mol. The molecule has 0 saturated carbocycles. The minimum atomic E-state index is -0.165. The quantitative estimate of drug-likeness (QED) is 0.562. The fourth-order valence-corrected chi connectivity index (χ4v) is 4.02. The normalized spacial score (nSPS) is 16.8. The van der Waals surface area contributed by atoms with Gasteiger partial charge in [-0.15, -0.1) is 0 Å². The summed E-state index contributed by atoms with van der Waals surface area (Å²) in [7, 11) is 0. The smallest absolute Gasteiger partial charge is 0.261 e. The van der Waals surface area contributed by atoms with Crippen LogP contribution in [0.5, 0.6) is 0 Å². The number of benzene rings is 2. The van der Waals surface area contributed by atoms with Crippen LogP contribution in [0.15, 0.2) is 48.5 Å². The molecule has 2 aromatic carbocycles. The van der Waals surface area contributed by atoms with Gasteiger partial charge in [0.2, 0.25) is 0 Å². The lowest BCUT2D eigenvalue weighted by Gasteiger charge is -2.36. The van der Waals surface area contributed by atoms with E-state index in [4.69, 9.17) is 5.26 Å². The Morgan fingerprint density at radius 3 is 1.97 bits per heavy atom. The van der Waals surface area contributed by atoms with E-state index in [9.17, 15) is 9.59 Å². The molecule has 0 N–H and O–H groups in total. The lowest BCUT2D eigenvalue weighted by molar-refractivity contribution is 0.0650. The summed E-state index contributed by atoms with van der Waals surface area (Å²) in [4.78, 5) is 30.9. The molecule has 0 bridgehead atoms. The van der Waals surface area contributed by atoms with Crippen LogP contribution >= 0.6 is 0 Å². The highest BCUT2D eigenvalue weighted by Gasteiger charge is 2.34. The van der Waals surface area contributed by atoms with Crippen molar-refractivity contribution in [2.45, 2.75) is 12.8 Å². The van der Waals surface area contributed by atoms with E-state index in [0.717, 1.165) is 51.3 Å². The highest BCUT2D eigenvalue weighted by Crippen LogP contribution is 2.23. The number of carbonyl (C=O) groups excluding carboxylic acids is 2. The van der Waals surface area contributed by atoms with E-state index in [0.29, 0.717) is 23.2 Å². The zero-order chi connectivity index (χ0) is 20.2. The Labute approximate surface area is 170 Å². The first kappa shape index (κ1) is 19.2. The average molecular weight is 388 g/mol. The summed E-state index contributed by atoms with van der Waals surface area (Å²) in [6, 6.07) is 16.9. The topological polar surface area (TPSA) is 67.7 Å². The van der Waals surface area contributed by atoms with Crippen molar-refractivity contribution in [1.82, 2.24) is 9.80 Å². The summed E-state index contributed by atoms with van der Waals surface area (Å²) < 4.78 is 0. The number of fused-ring (bicyclic) bond motifs is 1. The number of nitriles is 1. The first-order valence-corrected chi connectivity index (χ1v) is 10.1. The van der Waals surface area contributed by atoms with E-state index in [-0.39, 0.29) is 11.8 Å². The second kappa shape index (κ2) is 8.46. The van der Waals surface area contributed by atoms with Gasteiger partial charge in [-0.3, -0.25) is 19.4 Å². The van der Waals surface area contributed by atoms with E-state index in [1.807, 2.05) is 24.3 Å². The number of piperazine rings is 1. The highest BCUT2D eigenvalue weighted by molar-refractivity contribution is 6.21. The van der Waals surface area contributed by atoms with Crippen LogP contribution in [0, 0.1) is 11.3 Å². The van der Waals surface area contributed by atoms with Gasteiger partial charge in [-0.2, -0.15) is 5.26 Å². The third-order valence-electron chi connectivity index (χ3n) is 5.72. The zero-order valence-corrected chi connectivity index (χ0v) is 16.4. The first-order chi connectivity index (χ1) is 14.2. The van der Waals surface area contributed by atoms with Gasteiger partial charge in [0.15, 0.2) is 0 Å². The van der Waals surface area contributed by atoms with E-state index in [1.165, 1.54) is 4.90 Å². The molecule has 0 atom stereocenters. The van der Waals surface area contributed by atoms with Gasteiger partial charge >= 0.3 is 0 Å². The number of unbranched alkanes of at least 4 members (excludes halogenated alkanes) is 1. The molecule has 6 nitrogen and oxygen atoms in total. The van der Waals surface area contributed by atoms with Crippen molar-refractivity contribution >= 4 is 17.5 Å². The Kier molecular flexibility index (Phi) is 5.59. The standard InChI is InChI=1S/C23H24N4O2/c24-17-18-7-9-19(10-8-18)26-15-13-25(14-16-26)11-3-4-12-27-22(28)20-5-1-2-6-21(20)23(27)29/h1-2,5-10H,3-4,11-16H2. The van der Waals surface area contributed by atoms with Crippen molar-refractivity contribution in [2.24, 2.45) is 0 Å². The van der Waals surface area contributed by atoms with E-state index < -0.39 is 0 Å².